The molecule has 6 heteroatoms. The summed E-state index contributed by atoms with van der Waals surface area (Å²) in [7, 11) is 1.61. The third kappa shape index (κ3) is 4.45. The van der Waals surface area contributed by atoms with E-state index in [1.54, 1.807) is 23.8 Å². The first-order valence-corrected chi connectivity index (χ1v) is 10.2. The van der Waals surface area contributed by atoms with Crippen molar-refractivity contribution in [3.05, 3.63) is 54.1 Å². The Morgan fingerprint density at radius 2 is 2.07 bits per heavy atom. The highest BCUT2D eigenvalue weighted by atomic mass is 32.2. The number of nitrogens with zero attached hydrogens (tertiary/aromatic N) is 1. The predicted octanol–water partition coefficient (Wildman–Crippen LogP) is 4.60. The van der Waals surface area contributed by atoms with Crippen LogP contribution in [0.25, 0.3) is 0 Å². The molecule has 5 nitrogen and oxygen atoms in total. The summed E-state index contributed by atoms with van der Waals surface area (Å²) in [5.41, 5.74) is 2.50. The Balaban J connectivity index is 1.85. The fourth-order valence-electron chi connectivity index (χ4n) is 3.09. The SMILES string of the molecule is CCCCC(=O)Nc1cccc(C2SCC(=O)N2c2ccccc2OC)c1. The van der Waals surface area contributed by atoms with Crippen LogP contribution in [-0.4, -0.2) is 24.7 Å². The van der Waals surface area contributed by atoms with Crippen LogP contribution in [-0.2, 0) is 9.59 Å². The van der Waals surface area contributed by atoms with E-state index in [1.807, 2.05) is 48.5 Å². The van der Waals surface area contributed by atoms with Gasteiger partial charge in [-0.3, -0.25) is 14.5 Å². The summed E-state index contributed by atoms with van der Waals surface area (Å²) in [6, 6.07) is 15.3. The highest BCUT2D eigenvalue weighted by Gasteiger charge is 2.35. The Hall–Kier alpha value is -2.47. The molecule has 3 rings (SSSR count). The van der Waals surface area contributed by atoms with Crippen LogP contribution in [0.15, 0.2) is 48.5 Å². The Kier molecular flexibility index (Phi) is 6.40. The second kappa shape index (κ2) is 8.95. The molecule has 2 aromatic rings. The number of para-hydroxylation sites is 2. The summed E-state index contributed by atoms with van der Waals surface area (Å²) in [4.78, 5) is 26.4. The van der Waals surface area contributed by atoms with Crippen LogP contribution in [0.5, 0.6) is 5.75 Å². The number of methoxy groups -OCH3 is 1. The molecule has 27 heavy (non-hydrogen) atoms. The largest absolute Gasteiger partial charge is 0.495 e. The lowest BCUT2D eigenvalue weighted by Gasteiger charge is -2.26. The first kappa shape index (κ1) is 19.3. The molecule has 0 aliphatic carbocycles. The standard InChI is InChI=1S/C21H24N2O3S/c1-3-4-12-19(24)22-16-9-7-8-15(13-16)21-23(20(25)14-27-21)17-10-5-6-11-18(17)26-2/h5-11,13,21H,3-4,12,14H2,1-2H3,(H,22,24). The van der Waals surface area contributed by atoms with E-state index in [1.165, 1.54) is 0 Å². The second-order valence-electron chi connectivity index (χ2n) is 6.38. The van der Waals surface area contributed by atoms with Crippen LogP contribution < -0.4 is 15.0 Å². The van der Waals surface area contributed by atoms with Crippen LogP contribution in [0.3, 0.4) is 0 Å². The van der Waals surface area contributed by atoms with Crippen LogP contribution in [0.2, 0.25) is 0 Å². The number of amides is 2. The molecule has 2 amide bonds. The second-order valence-corrected chi connectivity index (χ2v) is 7.44. The Morgan fingerprint density at radius 1 is 1.26 bits per heavy atom. The molecule has 0 saturated carbocycles. The van der Waals surface area contributed by atoms with Crippen molar-refractivity contribution in [2.45, 2.75) is 31.6 Å². The van der Waals surface area contributed by atoms with Gasteiger partial charge in [-0.25, -0.2) is 0 Å². The van der Waals surface area contributed by atoms with Crippen molar-refractivity contribution in [2.75, 3.05) is 23.1 Å². The van der Waals surface area contributed by atoms with Gasteiger partial charge in [0.1, 0.15) is 11.1 Å². The first-order chi connectivity index (χ1) is 13.1. The van der Waals surface area contributed by atoms with Crippen molar-refractivity contribution in [2.24, 2.45) is 0 Å². The van der Waals surface area contributed by atoms with E-state index in [0.717, 1.165) is 29.8 Å². The quantitative estimate of drug-likeness (QED) is 0.758. The number of ether oxygens (including phenoxy) is 1. The fourth-order valence-corrected chi connectivity index (χ4v) is 4.25. The van der Waals surface area contributed by atoms with Gasteiger partial charge in [-0.15, -0.1) is 11.8 Å². The summed E-state index contributed by atoms with van der Waals surface area (Å²) in [5, 5.41) is 2.80. The molecule has 142 valence electrons. The van der Waals surface area contributed by atoms with Crippen molar-refractivity contribution in [3.63, 3.8) is 0 Å². The molecule has 0 aromatic heterocycles. The maximum atomic E-state index is 12.6. The molecule has 0 radical (unpaired) electrons. The maximum absolute atomic E-state index is 12.6. The number of thioether (sulfide) groups is 1. The third-order valence-electron chi connectivity index (χ3n) is 4.43. The van der Waals surface area contributed by atoms with Crippen molar-refractivity contribution in [1.82, 2.24) is 0 Å². The summed E-state index contributed by atoms with van der Waals surface area (Å²) >= 11 is 1.58. The molecular weight excluding hydrogens is 360 g/mol. The van der Waals surface area contributed by atoms with Gasteiger partial charge in [-0.1, -0.05) is 37.6 Å². The topological polar surface area (TPSA) is 58.6 Å². The number of nitrogens with one attached hydrogen (secondary N) is 1. The van der Waals surface area contributed by atoms with Crippen molar-refractivity contribution >= 4 is 35.0 Å². The average Bonchev–Trinajstić information content (AvgIpc) is 3.07. The fraction of sp³-hybridized carbons (Fsp3) is 0.333. The van der Waals surface area contributed by atoms with Crippen LogP contribution in [0.4, 0.5) is 11.4 Å². The van der Waals surface area contributed by atoms with Crippen LogP contribution in [0, 0.1) is 0 Å². The monoisotopic (exact) mass is 384 g/mol. The number of rotatable bonds is 7. The average molecular weight is 385 g/mol. The molecular formula is C21H24N2O3S. The first-order valence-electron chi connectivity index (χ1n) is 9.10. The van der Waals surface area contributed by atoms with E-state index in [0.29, 0.717) is 17.9 Å². The lowest BCUT2D eigenvalue weighted by atomic mass is 10.1. The van der Waals surface area contributed by atoms with Gasteiger partial charge in [-0.2, -0.15) is 0 Å². The molecule has 1 aliphatic heterocycles. The van der Waals surface area contributed by atoms with E-state index in [-0.39, 0.29) is 17.2 Å². The molecule has 1 heterocycles. The van der Waals surface area contributed by atoms with Crippen molar-refractivity contribution in [1.29, 1.82) is 0 Å². The molecule has 2 aromatic carbocycles. The van der Waals surface area contributed by atoms with Crippen molar-refractivity contribution < 1.29 is 14.3 Å². The molecule has 1 atom stereocenters. The van der Waals surface area contributed by atoms with Crippen molar-refractivity contribution in [3.8, 4) is 5.75 Å². The van der Waals surface area contributed by atoms with Gasteiger partial charge in [0, 0.05) is 12.1 Å². The van der Waals surface area contributed by atoms with E-state index in [2.05, 4.69) is 12.2 Å². The molecule has 1 unspecified atom stereocenters. The van der Waals surface area contributed by atoms with E-state index < -0.39 is 0 Å². The van der Waals surface area contributed by atoms with E-state index >= 15 is 0 Å². The Morgan fingerprint density at radius 3 is 2.85 bits per heavy atom. The number of anilines is 2. The van der Waals surface area contributed by atoms with Crippen LogP contribution in [0.1, 0.15) is 37.1 Å². The number of hydrogen-bond acceptors (Lipinski definition) is 4. The lowest BCUT2D eigenvalue weighted by Crippen LogP contribution is -2.28. The zero-order valence-electron chi connectivity index (χ0n) is 15.6. The molecule has 0 spiro atoms. The van der Waals surface area contributed by atoms with E-state index in [9.17, 15) is 9.59 Å². The van der Waals surface area contributed by atoms with Gasteiger partial charge < -0.3 is 10.1 Å². The number of benzene rings is 2. The van der Waals surface area contributed by atoms with Gasteiger partial charge in [0.15, 0.2) is 0 Å². The highest BCUT2D eigenvalue weighted by molar-refractivity contribution is 8.00. The number of unbranched alkanes of at least 4 members (excludes halogenated alkanes) is 1. The lowest BCUT2D eigenvalue weighted by molar-refractivity contribution is -0.117. The summed E-state index contributed by atoms with van der Waals surface area (Å²) in [6.45, 7) is 2.06. The van der Waals surface area contributed by atoms with Gasteiger partial charge in [-0.05, 0) is 36.2 Å². The summed E-state index contributed by atoms with van der Waals surface area (Å²) < 4.78 is 5.44. The molecule has 1 aliphatic rings. The number of carbonyl (C=O) groups excluding carboxylic acids is 2. The minimum atomic E-state index is -0.152. The van der Waals surface area contributed by atoms with Crippen LogP contribution >= 0.6 is 11.8 Å². The van der Waals surface area contributed by atoms with E-state index in [4.69, 9.17) is 4.74 Å². The number of hydrogen-bond donors (Lipinski definition) is 1. The molecule has 1 saturated heterocycles. The number of carbonyl (C=O) groups is 2. The molecule has 1 N–H and O–H groups in total. The molecule has 1 fully saturated rings. The predicted molar refractivity (Wildman–Crippen MR) is 110 cm³/mol. The highest BCUT2D eigenvalue weighted by Crippen LogP contribution is 2.45. The van der Waals surface area contributed by atoms with Gasteiger partial charge in [0.2, 0.25) is 11.8 Å². The Labute approximate surface area is 164 Å². The normalized spacial score (nSPS) is 16.4. The smallest absolute Gasteiger partial charge is 0.238 e. The third-order valence-corrected chi connectivity index (χ3v) is 5.64. The van der Waals surface area contributed by atoms with Gasteiger partial charge in [0.25, 0.3) is 0 Å². The summed E-state index contributed by atoms with van der Waals surface area (Å²) in [6.07, 6.45) is 2.38. The van der Waals surface area contributed by atoms with Gasteiger partial charge >= 0.3 is 0 Å². The Bertz CT molecular complexity index is 825. The minimum absolute atomic E-state index is 0.0192. The summed E-state index contributed by atoms with van der Waals surface area (Å²) in [5.74, 6) is 1.15. The molecule has 0 bridgehead atoms. The zero-order valence-corrected chi connectivity index (χ0v) is 16.4. The minimum Gasteiger partial charge on any atom is -0.495 e. The van der Waals surface area contributed by atoms with Gasteiger partial charge in [0.05, 0.1) is 18.6 Å². The zero-order chi connectivity index (χ0) is 19.2. The maximum Gasteiger partial charge on any atom is 0.238 e.